The summed E-state index contributed by atoms with van der Waals surface area (Å²) in [5.41, 5.74) is 7.13. The molecular formula is C14H16ClN5O3S. The van der Waals surface area contributed by atoms with Gasteiger partial charge in [-0.25, -0.2) is 9.97 Å². The van der Waals surface area contributed by atoms with Crippen molar-refractivity contribution in [3.63, 3.8) is 0 Å². The van der Waals surface area contributed by atoms with E-state index in [2.05, 4.69) is 15.0 Å². The van der Waals surface area contributed by atoms with Gasteiger partial charge < -0.3 is 5.73 Å². The third-order valence-corrected chi connectivity index (χ3v) is 5.00. The van der Waals surface area contributed by atoms with Crippen molar-refractivity contribution >= 4 is 33.5 Å². The number of nitrogens with zero attached hydrogens (tertiary/aromatic N) is 4. The van der Waals surface area contributed by atoms with Crippen LogP contribution < -0.4 is 5.73 Å². The predicted octanol–water partition coefficient (Wildman–Crippen LogP) is 1.95. The Morgan fingerprint density at radius 1 is 1.25 bits per heavy atom. The molecule has 1 heterocycles. The fourth-order valence-electron chi connectivity index (χ4n) is 1.96. The van der Waals surface area contributed by atoms with Crippen LogP contribution in [0.3, 0.4) is 0 Å². The van der Waals surface area contributed by atoms with Gasteiger partial charge in [0.05, 0.1) is 12.1 Å². The van der Waals surface area contributed by atoms with Gasteiger partial charge in [-0.1, -0.05) is 23.7 Å². The molecule has 2 aromatic rings. The molecule has 128 valence electrons. The van der Waals surface area contributed by atoms with Crippen molar-refractivity contribution in [3.8, 4) is 0 Å². The van der Waals surface area contributed by atoms with Gasteiger partial charge in [-0.05, 0) is 32.0 Å². The zero-order valence-electron chi connectivity index (χ0n) is 13.3. The van der Waals surface area contributed by atoms with Crippen molar-refractivity contribution < 1.29 is 13.3 Å². The first-order chi connectivity index (χ1) is 11.3. The molecule has 1 aromatic heterocycles. The lowest BCUT2D eigenvalue weighted by molar-refractivity contribution is 0.0139. The summed E-state index contributed by atoms with van der Waals surface area (Å²) in [6.45, 7) is 3.52. The largest absolute Gasteiger partial charge is 0.367 e. The first-order valence-electron chi connectivity index (χ1n) is 6.76. The maximum Gasteiger partial charge on any atom is 0.290 e. The first-order valence-corrected chi connectivity index (χ1v) is 8.58. The van der Waals surface area contributed by atoms with Crippen molar-refractivity contribution in [1.82, 2.24) is 14.4 Å². The Morgan fingerprint density at radius 2 is 1.83 bits per heavy atom. The molecule has 0 radical (unpaired) electrons. The minimum absolute atomic E-state index is 0.0291. The Bertz CT molecular complexity index is 865. The summed E-state index contributed by atoms with van der Waals surface area (Å²) in [7, 11) is -3.00. The summed E-state index contributed by atoms with van der Waals surface area (Å²) in [6, 6.07) is 7.68. The highest BCUT2D eigenvalue weighted by Crippen LogP contribution is 2.24. The average molecular weight is 370 g/mol. The molecule has 0 aliphatic rings. The first kappa shape index (κ1) is 18.1. The second-order valence-corrected chi connectivity index (χ2v) is 6.89. The second-order valence-electron chi connectivity index (χ2n) is 4.77. The van der Waals surface area contributed by atoms with Crippen LogP contribution in [0.1, 0.15) is 11.4 Å². The number of rotatable bonds is 4. The van der Waals surface area contributed by atoms with Gasteiger partial charge in [-0.2, -0.15) is 13.4 Å². The zero-order chi connectivity index (χ0) is 17.9. The Hall–Kier alpha value is -2.23. The molecule has 0 saturated carbocycles. The topological polar surface area (TPSA) is 111 Å². The maximum atomic E-state index is 12.7. The molecule has 0 unspecified atom stereocenters. The molecule has 10 heteroatoms. The summed E-state index contributed by atoms with van der Waals surface area (Å²) >= 11 is 5.95. The molecule has 2 N–H and O–H groups in total. The Kier molecular flexibility index (Phi) is 5.37. The van der Waals surface area contributed by atoms with Crippen LogP contribution >= 0.6 is 11.6 Å². The number of hydrogen-bond acceptors (Lipinski definition) is 6. The van der Waals surface area contributed by atoms with E-state index in [0.717, 1.165) is 7.11 Å². The van der Waals surface area contributed by atoms with Crippen molar-refractivity contribution in [1.29, 1.82) is 0 Å². The van der Waals surface area contributed by atoms with Crippen LogP contribution in [0.2, 0.25) is 5.02 Å². The monoisotopic (exact) mass is 369 g/mol. The van der Waals surface area contributed by atoms with E-state index in [1.54, 1.807) is 26.0 Å². The third-order valence-electron chi connectivity index (χ3n) is 2.87. The van der Waals surface area contributed by atoms with Gasteiger partial charge >= 0.3 is 0 Å². The van der Waals surface area contributed by atoms with E-state index in [-0.39, 0.29) is 15.9 Å². The molecule has 0 fully saturated rings. The number of aryl methyl sites for hydroxylation is 2. The molecular weight excluding hydrogens is 354 g/mol. The van der Waals surface area contributed by atoms with Gasteiger partial charge in [0.2, 0.25) is 5.96 Å². The molecule has 24 heavy (non-hydrogen) atoms. The lowest BCUT2D eigenvalue weighted by atomic mass is 10.4. The van der Waals surface area contributed by atoms with Gasteiger partial charge in [-0.15, -0.1) is 4.47 Å². The van der Waals surface area contributed by atoms with Gasteiger partial charge in [0, 0.05) is 11.4 Å². The molecule has 0 saturated heterocycles. The standard InChI is InChI=1S/C14H16ClN5O3S/c1-9-8-10(2)18-14(17-9)19-13(16)20(23-3)24(21,22)12-7-5-4-6-11(12)15/h4-8H,1-3H3,(H2,16,17,18,19). The van der Waals surface area contributed by atoms with Crippen LogP contribution in [0.25, 0.3) is 0 Å². The van der Waals surface area contributed by atoms with Crippen LogP contribution in [0.5, 0.6) is 0 Å². The summed E-state index contributed by atoms with van der Waals surface area (Å²) < 4.78 is 25.8. The van der Waals surface area contributed by atoms with Gasteiger partial charge in [0.1, 0.15) is 4.90 Å². The molecule has 0 aliphatic heterocycles. The smallest absolute Gasteiger partial charge is 0.290 e. The van der Waals surface area contributed by atoms with Gasteiger partial charge in [-0.3, -0.25) is 4.84 Å². The molecule has 0 spiro atoms. The predicted molar refractivity (Wildman–Crippen MR) is 90.3 cm³/mol. The fraction of sp³-hybridized carbons (Fsp3) is 0.214. The lowest BCUT2D eigenvalue weighted by Crippen LogP contribution is -2.41. The van der Waals surface area contributed by atoms with E-state index in [1.165, 1.54) is 18.2 Å². The molecule has 2 rings (SSSR count). The van der Waals surface area contributed by atoms with Gasteiger partial charge in [0.15, 0.2) is 0 Å². The number of halogens is 1. The van der Waals surface area contributed by atoms with E-state index in [0.29, 0.717) is 15.9 Å². The SMILES string of the molecule is CON(C(N)=Nc1nc(C)cc(C)n1)S(=O)(=O)c1ccccc1Cl. The highest BCUT2D eigenvalue weighted by molar-refractivity contribution is 7.89. The quantitative estimate of drug-likeness (QED) is 0.501. The van der Waals surface area contributed by atoms with Crippen LogP contribution in [0.15, 0.2) is 40.2 Å². The number of aromatic nitrogens is 2. The van der Waals surface area contributed by atoms with E-state index in [1.807, 2.05) is 0 Å². The third kappa shape index (κ3) is 3.81. The minimum atomic E-state index is -4.15. The molecule has 1 aromatic carbocycles. The van der Waals surface area contributed by atoms with Gasteiger partial charge in [0.25, 0.3) is 16.0 Å². The number of nitrogens with two attached hydrogens (primary N) is 1. The van der Waals surface area contributed by atoms with Crippen molar-refractivity contribution in [2.75, 3.05) is 7.11 Å². The molecule has 0 bridgehead atoms. The molecule has 0 atom stereocenters. The van der Waals surface area contributed by atoms with Crippen molar-refractivity contribution in [2.24, 2.45) is 10.7 Å². The van der Waals surface area contributed by atoms with Crippen molar-refractivity contribution in [2.45, 2.75) is 18.7 Å². The normalized spacial score (nSPS) is 12.2. The Labute approximate surface area is 145 Å². The molecule has 0 amide bonds. The summed E-state index contributed by atoms with van der Waals surface area (Å²) in [5, 5.41) is 0.0370. The van der Waals surface area contributed by atoms with Crippen LogP contribution in [0, 0.1) is 13.8 Å². The fourth-order valence-corrected chi connectivity index (χ4v) is 3.61. The highest BCUT2D eigenvalue weighted by atomic mass is 35.5. The zero-order valence-corrected chi connectivity index (χ0v) is 14.8. The number of hydrogen-bond donors (Lipinski definition) is 1. The number of hydroxylamine groups is 1. The number of sulfonamides is 1. The summed E-state index contributed by atoms with van der Waals surface area (Å²) in [5.74, 6) is -0.413. The molecule has 8 nitrogen and oxygen atoms in total. The number of guanidine groups is 1. The highest BCUT2D eigenvalue weighted by Gasteiger charge is 2.29. The number of benzene rings is 1. The van der Waals surface area contributed by atoms with E-state index < -0.39 is 16.0 Å². The van der Waals surface area contributed by atoms with Crippen LogP contribution in [-0.4, -0.2) is 35.9 Å². The minimum Gasteiger partial charge on any atom is -0.367 e. The maximum absolute atomic E-state index is 12.7. The van der Waals surface area contributed by atoms with Crippen LogP contribution in [0.4, 0.5) is 5.95 Å². The van der Waals surface area contributed by atoms with E-state index >= 15 is 0 Å². The Morgan fingerprint density at radius 3 is 2.38 bits per heavy atom. The van der Waals surface area contributed by atoms with Crippen molar-refractivity contribution in [3.05, 3.63) is 46.7 Å². The molecule has 0 aliphatic carbocycles. The average Bonchev–Trinajstić information content (AvgIpc) is 2.46. The van der Waals surface area contributed by atoms with E-state index in [9.17, 15) is 8.42 Å². The second kappa shape index (κ2) is 7.12. The van der Waals surface area contributed by atoms with Crippen LogP contribution in [-0.2, 0) is 14.9 Å². The summed E-state index contributed by atoms with van der Waals surface area (Å²) in [6.07, 6.45) is 0. The number of aliphatic imine (C=N–C) groups is 1. The lowest BCUT2D eigenvalue weighted by Gasteiger charge is -2.20. The summed E-state index contributed by atoms with van der Waals surface area (Å²) in [4.78, 5) is 16.8. The Balaban J connectivity index is 2.47. The van der Waals surface area contributed by atoms with E-state index in [4.69, 9.17) is 22.2 Å².